The van der Waals surface area contributed by atoms with Crippen LogP contribution in [-0.2, 0) is 6.18 Å². The topological polar surface area (TPSA) is 102 Å². The standard InChI is InChI=1S/C19H15ClF3N5O3/c1-2-31-13-6-3-11(4-7-13)26-17-16(28(29)30)18(25-10-24-17)27-12-5-8-15(20)14(9-12)19(21,22)23/h3-10H,2H2,1H3,(H2,24,25,26,27). The Bertz CT molecular complexity index is 1090. The van der Waals surface area contributed by atoms with Crippen molar-refractivity contribution in [3.63, 3.8) is 0 Å². The molecule has 0 saturated heterocycles. The molecule has 0 fully saturated rings. The molecule has 3 aromatic rings. The van der Waals surface area contributed by atoms with Gasteiger partial charge in [-0.15, -0.1) is 0 Å². The first kappa shape index (κ1) is 22.1. The van der Waals surface area contributed by atoms with Crippen molar-refractivity contribution in [2.45, 2.75) is 13.1 Å². The van der Waals surface area contributed by atoms with Crippen molar-refractivity contribution in [2.75, 3.05) is 17.2 Å². The fraction of sp³-hybridized carbons (Fsp3) is 0.158. The van der Waals surface area contributed by atoms with E-state index in [1.54, 1.807) is 24.3 Å². The Morgan fingerprint density at radius 3 is 2.19 bits per heavy atom. The highest BCUT2D eigenvalue weighted by atomic mass is 35.5. The fourth-order valence-corrected chi connectivity index (χ4v) is 2.85. The van der Waals surface area contributed by atoms with Crippen LogP contribution in [0.25, 0.3) is 0 Å². The van der Waals surface area contributed by atoms with E-state index >= 15 is 0 Å². The first-order valence-electron chi connectivity index (χ1n) is 8.82. The smallest absolute Gasteiger partial charge is 0.417 e. The van der Waals surface area contributed by atoms with Crippen molar-refractivity contribution in [2.24, 2.45) is 0 Å². The predicted molar refractivity (Wildman–Crippen MR) is 109 cm³/mol. The second-order valence-corrected chi connectivity index (χ2v) is 6.48. The molecule has 0 unspecified atom stereocenters. The molecule has 1 heterocycles. The SMILES string of the molecule is CCOc1ccc(Nc2ncnc(Nc3ccc(Cl)c(C(F)(F)F)c3)c2[N+](=O)[O-])cc1. The lowest BCUT2D eigenvalue weighted by Crippen LogP contribution is -2.08. The largest absolute Gasteiger partial charge is 0.494 e. The fourth-order valence-electron chi connectivity index (χ4n) is 2.63. The third-order valence-electron chi connectivity index (χ3n) is 3.97. The molecule has 12 heteroatoms. The van der Waals surface area contributed by atoms with E-state index in [0.29, 0.717) is 18.0 Å². The summed E-state index contributed by atoms with van der Waals surface area (Å²) in [5.74, 6) is 0.191. The Morgan fingerprint density at radius 2 is 1.65 bits per heavy atom. The highest BCUT2D eigenvalue weighted by Crippen LogP contribution is 2.38. The molecule has 0 aliphatic heterocycles. The number of benzene rings is 2. The lowest BCUT2D eigenvalue weighted by molar-refractivity contribution is -0.383. The van der Waals surface area contributed by atoms with Crippen molar-refractivity contribution >= 4 is 40.3 Å². The summed E-state index contributed by atoms with van der Waals surface area (Å²) < 4.78 is 44.6. The molecular weight excluding hydrogens is 439 g/mol. The van der Waals surface area contributed by atoms with Gasteiger partial charge in [-0.05, 0) is 49.4 Å². The molecule has 2 aromatic carbocycles. The van der Waals surface area contributed by atoms with Gasteiger partial charge in [-0.25, -0.2) is 9.97 Å². The minimum Gasteiger partial charge on any atom is -0.494 e. The van der Waals surface area contributed by atoms with Crippen LogP contribution in [0.2, 0.25) is 5.02 Å². The van der Waals surface area contributed by atoms with Crippen molar-refractivity contribution < 1.29 is 22.8 Å². The Morgan fingerprint density at radius 1 is 1.06 bits per heavy atom. The number of nitrogens with zero attached hydrogens (tertiary/aromatic N) is 3. The van der Waals surface area contributed by atoms with Gasteiger partial charge < -0.3 is 15.4 Å². The first-order valence-corrected chi connectivity index (χ1v) is 9.20. The number of nitrogens with one attached hydrogen (secondary N) is 2. The van der Waals surface area contributed by atoms with Crippen LogP contribution < -0.4 is 15.4 Å². The van der Waals surface area contributed by atoms with E-state index < -0.39 is 27.4 Å². The summed E-state index contributed by atoms with van der Waals surface area (Å²) in [5.41, 5.74) is -1.21. The second-order valence-electron chi connectivity index (χ2n) is 6.08. The summed E-state index contributed by atoms with van der Waals surface area (Å²) >= 11 is 5.61. The van der Waals surface area contributed by atoms with Gasteiger partial charge >= 0.3 is 11.9 Å². The van der Waals surface area contributed by atoms with Crippen LogP contribution >= 0.6 is 11.6 Å². The summed E-state index contributed by atoms with van der Waals surface area (Å²) in [7, 11) is 0. The summed E-state index contributed by atoms with van der Waals surface area (Å²) in [6.07, 6.45) is -3.64. The lowest BCUT2D eigenvalue weighted by Gasteiger charge is -2.13. The van der Waals surface area contributed by atoms with Gasteiger partial charge in [0.15, 0.2) is 0 Å². The van der Waals surface area contributed by atoms with Gasteiger partial charge in [0.05, 0.1) is 22.1 Å². The van der Waals surface area contributed by atoms with E-state index in [-0.39, 0.29) is 17.3 Å². The molecular formula is C19H15ClF3N5O3. The van der Waals surface area contributed by atoms with Gasteiger partial charge in [-0.3, -0.25) is 10.1 Å². The molecule has 0 spiro atoms. The molecule has 31 heavy (non-hydrogen) atoms. The minimum atomic E-state index is -4.69. The molecule has 0 atom stereocenters. The molecule has 8 nitrogen and oxygen atoms in total. The van der Waals surface area contributed by atoms with Crippen LogP contribution in [0, 0.1) is 10.1 Å². The third kappa shape index (κ3) is 5.31. The number of hydrogen-bond donors (Lipinski definition) is 2. The molecule has 0 bridgehead atoms. The Labute approximate surface area is 179 Å². The van der Waals surface area contributed by atoms with Gasteiger partial charge in [-0.1, -0.05) is 11.6 Å². The maximum absolute atomic E-state index is 13.1. The normalized spacial score (nSPS) is 11.1. The van der Waals surface area contributed by atoms with Crippen LogP contribution in [0.3, 0.4) is 0 Å². The average Bonchev–Trinajstić information content (AvgIpc) is 2.70. The number of hydrogen-bond acceptors (Lipinski definition) is 7. The summed E-state index contributed by atoms with van der Waals surface area (Å²) in [4.78, 5) is 18.6. The zero-order chi connectivity index (χ0) is 22.6. The van der Waals surface area contributed by atoms with Crippen LogP contribution in [0.1, 0.15) is 12.5 Å². The molecule has 0 saturated carbocycles. The third-order valence-corrected chi connectivity index (χ3v) is 4.30. The minimum absolute atomic E-state index is 0.0782. The van der Waals surface area contributed by atoms with Crippen molar-refractivity contribution in [3.8, 4) is 5.75 Å². The van der Waals surface area contributed by atoms with E-state index in [4.69, 9.17) is 16.3 Å². The first-order chi connectivity index (χ1) is 14.7. The van der Waals surface area contributed by atoms with E-state index in [0.717, 1.165) is 18.5 Å². The number of aromatic nitrogens is 2. The van der Waals surface area contributed by atoms with Crippen molar-refractivity contribution in [3.05, 3.63) is 69.5 Å². The molecule has 0 aliphatic carbocycles. The van der Waals surface area contributed by atoms with Gasteiger partial charge in [0.2, 0.25) is 11.6 Å². The monoisotopic (exact) mass is 453 g/mol. The summed E-state index contributed by atoms with van der Waals surface area (Å²) in [6.45, 7) is 2.32. The van der Waals surface area contributed by atoms with Gasteiger partial charge in [0.1, 0.15) is 12.1 Å². The Kier molecular flexibility index (Phi) is 6.44. The number of alkyl halides is 3. The van der Waals surface area contributed by atoms with E-state index in [2.05, 4.69) is 20.6 Å². The van der Waals surface area contributed by atoms with E-state index in [1.807, 2.05) is 6.92 Å². The number of anilines is 4. The average molecular weight is 454 g/mol. The quantitative estimate of drug-likeness (QED) is 0.337. The number of halogens is 4. The zero-order valence-electron chi connectivity index (χ0n) is 15.9. The highest BCUT2D eigenvalue weighted by molar-refractivity contribution is 6.31. The van der Waals surface area contributed by atoms with Crippen molar-refractivity contribution in [1.82, 2.24) is 9.97 Å². The predicted octanol–water partition coefficient (Wildman–Crippen LogP) is 5.94. The molecule has 3 rings (SSSR count). The zero-order valence-corrected chi connectivity index (χ0v) is 16.7. The van der Waals surface area contributed by atoms with Crippen LogP contribution in [0.5, 0.6) is 5.75 Å². The second kappa shape index (κ2) is 9.04. The van der Waals surface area contributed by atoms with E-state index in [1.165, 1.54) is 6.07 Å². The summed E-state index contributed by atoms with van der Waals surface area (Å²) in [5, 5.41) is 16.5. The number of nitro groups is 1. The van der Waals surface area contributed by atoms with Gasteiger partial charge in [0, 0.05) is 11.4 Å². The molecule has 162 valence electrons. The summed E-state index contributed by atoms with van der Waals surface area (Å²) in [6, 6.07) is 9.65. The molecule has 1 aromatic heterocycles. The van der Waals surface area contributed by atoms with Crippen LogP contribution in [-0.4, -0.2) is 21.5 Å². The maximum Gasteiger partial charge on any atom is 0.417 e. The molecule has 0 radical (unpaired) electrons. The molecule has 2 N–H and O–H groups in total. The molecule has 0 amide bonds. The van der Waals surface area contributed by atoms with Crippen LogP contribution in [0.4, 0.5) is 41.9 Å². The van der Waals surface area contributed by atoms with E-state index in [9.17, 15) is 23.3 Å². The van der Waals surface area contributed by atoms with Gasteiger partial charge in [0.25, 0.3) is 0 Å². The lowest BCUT2D eigenvalue weighted by atomic mass is 10.2. The maximum atomic E-state index is 13.1. The Balaban J connectivity index is 1.93. The number of rotatable bonds is 7. The van der Waals surface area contributed by atoms with Gasteiger partial charge in [-0.2, -0.15) is 13.2 Å². The van der Waals surface area contributed by atoms with Crippen molar-refractivity contribution in [1.29, 1.82) is 0 Å². The Hall–Kier alpha value is -3.60. The van der Waals surface area contributed by atoms with Crippen LogP contribution in [0.15, 0.2) is 48.8 Å². The highest BCUT2D eigenvalue weighted by Gasteiger charge is 2.33. The number of ether oxygens (including phenoxy) is 1. The molecule has 0 aliphatic rings.